The molecule has 1 atom stereocenters. The van der Waals surface area contributed by atoms with Gasteiger partial charge in [0.1, 0.15) is 0 Å². The molecule has 1 unspecified atom stereocenters. The van der Waals surface area contributed by atoms with E-state index in [0.717, 1.165) is 11.1 Å². The topological polar surface area (TPSA) is 43.1 Å². The van der Waals surface area contributed by atoms with Crippen molar-refractivity contribution < 1.29 is 4.79 Å². The lowest BCUT2D eigenvalue weighted by molar-refractivity contribution is -0.116. The highest BCUT2D eigenvalue weighted by Crippen LogP contribution is 2.31. The average Bonchev–Trinajstić information content (AvgIpc) is 2.39. The number of nitrogens with two attached hydrogens (primary N) is 1. The summed E-state index contributed by atoms with van der Waals surface area (Å²) in [6, 6.07) is 17.2. The summed E-state index contributed by atoms with van der Waals surface area (Å²) in [6.07, 6.45) is 0.555. The van der Waals surface area contributed by atoms with Gasteiger partial charge in [0.05, 0.1) is 5.41 Å². The largest absolute Gasteiger partial charge is 0.399 e. The number of nitrogen functional groups attached to an aromatic ring is 1. The van der Waals surface area contributed by atoms with E-state index in [1.165, 1.54) is 0 Å². The van der Waals surface area contributed by atoms with E-state index in [2.05, 4.69) is 0 Å². The van der Waals surface area contributed by atoms with Crippen molar-refractivity contribution in [3.63, 3.8) is 0 Å². The summed E-state index contributed by atoms with van der Waals surface area (Å²) in [5.74, 6) is 0. The molecule has 0 aromatic heterocycles. The third-order valence-corrected chi connectivity index (χ3v) is 3.78. The molecule has 0 bridgehead atoms. The lowest BCUT2D eigenvalue weighted by Gasteiger charge is -2.26. The van der Waals surface area contributed by atoms with Crippen molar-refractivity contribution in [1.82, 2.24) is 0 Å². The van der Waals surface area contributed by atoms with Gasteiger partial charge in [-0.3, -0.25) is 4.79 Å². The summed E-state index contributed by atoms with van der Waals surface area (Å²) in [7, 11) is 0. The first-order valence-corrected chi connectivity index (χ1v) is 6.50. The fourth-order valence-electron chi connectivity index (χ4n) is 2.17. The van der Waals surface area contributed by atoms with Crippen molar-refractivity contribution in [2.75, 3.05) is 5.73 Å². The number of carbonyl (C=O) groups is 1. The molecule has 0 aliphatic rings. The smallest absolute Gasteiger partial charge is 0.232 e. The van der Waals surface area contributed by atoms with E-state index in [1.807, 2.05) is 55.5 Å². The second-order valence-electron chi connectivity index (χ2n) is 4.89. The van der Waals surface area contributed by atoms with Crippen LogP contribution in [-0.4, -0.2) is 5.24 Å². The Labute approximate surface area is 118 Å². The Morgan fingerprint density at radius 2 is 1.84 bits per heavy atom. The average molecular weight is 274 g/mol. The molecule has 19 heavy (non-hydrogen) atoms. The molecule has 2 nitrogen and oxygen atoms in total. The van der Waals surface area contributed by atoms with E-state index in [-0.39, 0.29) is 5.24 Å². The molecule has 0 heterocycles. The first kappa shape index (κ1) is 13.6. The second kappa shape index (κ2) is 5.45. The quantitative estimate of drug-likeness (QED) is 0.684. The summed E-state index contributed by atoms with van der Waals surface area (Å²) in [6.45, 7) is 1.85. The molecule has 0 saturated heterocycles. The molecule has 0 aliphatic heterocycles. The number of hydrogen-bond donors (Lipinski definition) is 1. The Kier molecular flexibility index (Phi) is 3.91. The molecule has 0 fully saturated rings. The van der Waals surface area contributed by atoms with Crippen LogP contribution < -0.4 is 5.73 Å². The van der Waals surface area contributed by atoms with E-state index >= 15 is 0 Å². The van der Waals surface area contributed by atoms with Gasteiger partial charge in [-0.25, -0.2) is 0 Å². The minimum absolute atomic E-state index is 0.373. The van der Waals surface area contributed by atoms with Crippen LogP contribution in [0, 0.1) is 0 Å². The van der Waals surface area contributed by atoms with Crippen LogP contribution >= 0.6 is 11.6 Å². The summed E-state index contributed by atoms with van der Waals surface area (Å²) >= 11 is 5.84. The van der Waals surface area contributed by atoms with Gasteiger partial charge in [0.2, 0.25) is 5.24 Å². The minimum atomic E-state index is -0.766. The number of hydrogen-bond acceptors (Lipinski definition) is 2. The Morgan fingerprint density at radius 1 is 1.16 bits per heavy atom. The van der Waals surface area contributed by atoms with Gasteiger partial charge < -0.3 is 5.73 Å². The molecule has 0 spiro atoms. The van der Waals surface area contributed by atoms with Gasteiger partial charge in [0.15, 0.2) is 0 Å². The van der Waals surface area contributed by atoms with E-state index in [1.54, 1.807) is 6.07 Å². The fraction of sp³-hybridized carbons (Fsp3) is 0.188. The molecule has 3 heteroatoms. The highest BCUT2D eigenvalue weighted by atomic mass is 35.5. The van der Waals surface area contributed by atoms with Gasteiger partial charge in [-0.1, -0.05) is 42.5 Å². The minimum Gasteiger partial charge on any atom is -0.399 e. The van der Waals surface area contributed by atoms with Crippen LogP contribution in [0.3, 0.4) is 0 Å². The van der Waals surface area contributed by atoms with Crippen LogP contribution in [0.5, 0.6) is 0 Å². The Balaban J connectivity index is 2.41. The zero-order valence-electron chi connectivity index (χ0n) is 10.8. The van der Waals surface area contributed by atoms with Crippen molar-refractivity contribution in [1.29, 1.82) is 0 Å². The zero-order chi connectivity index (χ0) is 13.9. The fourth-order valence-corrected chi connectivity index (χ4v) is 2.35. The van der Waals surface area contributed by atoms with Gasteiger partial charge in [-0.05, 0) is 48.2 Å². The normalized spacial score (nSPS) is 13.8. The van der Waals surface area contributed by atoms with Crippen molar-refractivity contribution in [2.45, 2.75) is 18.8 Å². The highest BCUT2D eigenvalue weighted by molar-refractivity contribution is 6.65. The maximum Gasteiger partial charge on any atom is 0.232 e. The molecule has 2 N–H and O–H groups in total. The summed E-state index contributed by atoms with van der Waals surface area (Å²) < 4.78 is 0. The number of rotatable bonds is 4. The molecule has 0 saturated carbocycles. The standard InChI is InChI=1S/C16H16ClNO/c1-16(15(17)19,11-12-6-3-2-4-7-12)13-8-5-9-14(18)10-13/h2-10H,11,18H2,1H3. The third-order valence-electron chi connectivity index (χ3n) is 3.36. The van der Waals surface area contributed by atoms with Crippen LogP contribution in [0.15, 0.2) is 54.6 Å². The van der Waals surface area contributed by atoms with Crippen molar-refractivity contribution in [3.8, 4) is 0 Å². The van der Waals surface area contributed by atoms with Gasteiger partial charge in [0.25, 0.3) is 0 Å². The van der Waals surface area contributed by atoms with Crippen LogP contribution in [-0.2, 0) is 16.6 Å². The molecule has 0 amide bonds. The number of halogens is 1. The van der Waals surface area contributed by atoms with Gasteiger partial charge >= 0.3 is 0 Å². The Bertz CT molecular complexity index is 582. The molecule has 2 rings (SSSR count). The first-order valence-electron chi connectivity index (χ1n) is 6.12. The van der Waals surface area contributed by atoms with Crippen LogP contribution in [0.4, 0.5) is 5.69 Å². The van der Waals surface area contributed by atoms with E-state index in [9.17, 15) is 4.79 Å². The van der Waals surface area contributed by atoms with Gasteiger partial charge in [-0.15, -0.1) is 0 Å². The number of anilines is 1. The molecular formula is C16H16ClNO. The van der Waals surface area contributed by atoms with Gasteiger partial charge in [0, 0.05) is 5.69 Å². The Hall–Kier alpha value is -1.80. The SMILES string of the molecule is CC(Cc1ccccc1)(C(=O)Cl)c1cccc(N)c1. The monoisotopic (exact) mass is 273 g/mol. The van der Waals surface area contributed by atoms with E-state index in [0.29, 0.717) is 12.1 Å². The van der Waals surface area contributed by atoms with Crippen LogP contribution in [0.25, 0.3) is 0 Å². The second-order valence-corrected chi connectivity index (χ2v) is 5.24. The summed E-state index contributed by atoms with van der Waals surface area (Å²) in [5.41, 5.74) is 7.58. The molecule has 2 aromatic carbocycles. The predicted octanol–water partition coefficient (Wildman–Crippen LogP) is 3.53. The zero-order valence-corrected chi connectivity index (χ0v) is 11.5. The molecule has 0 aliphatic carbocycles. The predicted molar refractivity (Wildman–Crippen MR) is 79.2 cm³/mol. The third kappa shape index (κ3) is 2.96. The van der Waals surface area contributed by atoms with Crippen molar-refractivity contribution in [3.05, 3.63) is 65.7 Å². The lowest BCUT2D eigenvalue weighted by atomic mass is 9.78. The highest BCUT2D eigenvalue weighted by Gasteiger charge is 2.34. The summed E-state index contributed by atoms with van der Waals surface area (Å²) in [5, 5.41) is -0.373. The Morgan fingerprint density at radius 3 is 2.42 bits per heavy atom. The van der Waals surface area contributed by atoms with Crippen LogP contribution in [0.2, 0.25) is 0 Å². The number of benzene rings is 2. The first-order chi connectivity index (χ1) is 9.02. The van der Waals surface area contributed by atoms with Gasteiger partial charge in [-0.2, -0.15) is 0 Å². The molecule has 2 aromatic rings. The summed E-state index contributed by atoms with van der Waals surface area (Å²) in [4.78, 5) is 11.9. The molecular weight excluding hydrogens is 258 g/mol. The van der Waals surface area contributed by atoms with Crippen molar-refractivity contribution in [2.24, 2.45) is 0 Å². The van der Waals surface area contributed by atoms with Crippen molar-refractivity contribution >= 4 is 22.5 Å². The molecule has 98 valence electrons. The van der Waals surface area contributed by atoms with E-state index < -0.39 is 5.41 Å². The maximum absolute atomic E-state index is 11.9. The van der Waals surface area contributed by atoms with Crippen LogP contribution in [0.1, 0.15) is 18.1 Å². The van der Waals surface area contributed by atoms with E-state index in [4.69, 9.17) is 17.3 Å². The number of carbonyl (C=O) groups excluding carboxylic acids is 1. The molecule has 0 radical (unpaired) electrons. The lowest BCUT2D eigenvalue weighted by Crippen LogP contribution is -2.31. The maximum atomic E-state index is 11.9.